The number of nitrogens with zero attached hydrogens (tertiary/aromatic N) is 1. The fourth-order valence-electron chi connectivity index (χ4n) is 2.05. The molecule has 0 fully saturated rings. The molecule has 0 aliphatic carbocycles. The van der Waals surface area contributed by atoms with Gasteiger partial charge in [-0.3, -0.25) is 9.89 Å². The van der Waals surface area contributed by atoms with Crippen molar-refractivity contribution in [3.8, 4) is 0 Å². The van der Waals surface area contributed by atoms with E-state index in [1.807, 2.05) is 13.0 Å². The maximum Gasteiger partial charge on any atom is 0.326 e. The molecule has 1 aromatic carbocycles. The molecule has 2 rings (SSSR count). The standard InChI is InChI=1S/C14H16BrN3O3/c1-3-7(2)11(14(20)21)16-13(19)12-9-6-8(15)4-5-10(9)17-18-12/h4-7,11H,3H2,1-2H3,(H,16,19)(H,17,18)(H,20,21)/t7-,11-/m0/s1. The van der Waals surface area contributed by atoms with Crippen LogP contribution in [0.1, 0.15) is 30.8 Å². The van der Waals surface area contributed by atoms with E-state index in [0.717, 1.165) is 9.99 Å². The number of aromatic nitrogens is 2. The lowest BCUT2D eigenvalue weighted by Crippen LogP contribution is -2.45. The summed E-state index contributed by atoms with van der Waals surface area (Å²) in [5.41, 5.74) is 0.916. The first-order chi connectivity index (χ1) is 9.93. The summed E-state index contributed by atoms with van der Waals surface area (Å²) in [5, 5.41) is 19.2. The van der Waals surface area contributed by atoms with Crippen LogP contribution in [0, 0.1) is 5.92 Å². The summed E-state index contributed by atoms with van der Waals surface area (Å²) in [5.74, 6) is -1.70. The number of aromatic amines is 1. The second-order valence-electron chi connectivity index (χ2n) is 4.94. The number of H-pyrrole nitrogens is 1. The van der Waals surface area contributed by atoms with E-state index in [1.165, 1.54) is 0 Å². The molecule has 1 amide bonds. The molecular weight excluding hydrogens is 338 g/mol. The zero-order valence-corrected chi connectivity index (χ0v) is 13.3. The molecule has 0 aliphatic rings. The van der Waals surface area contributed by atoms with Crippen LogP contribution in [0.5, 0.6) is 0 Å². The molecule has 6 nitrogen and oxygen atoms in total. The minimum Gasteiger partial charge on any atom is -0.480 e. The Bertz CT molecular complexity index is 683. The molecule has 0 spiro atoms. The molecular formula is C14H16BrN3O3. The number of halogens is 1. The van der Waals surface area contributed by atoms with Crippen molar-refractivity contribution in [2.45, 2.75) is 26.3 Å². The molecule has 3 N–H and O–H groups in total. The van der Waals surface area contributed by atoms with Gasteiger partial charge in [-0.1, -0.05) is 36.2 Å². The van der Waals surface area contributed by atoms with Gasteiger partial charge in [0.15, 0.2) is 5.69 Å². The van der Waals surface area contributed by atoms with Crippen LogP contribution < -0.4 is 5.32 Å². The number of aliphatic carboxylic acids is 1. The lowest BCUT2D eigenvalue weighted by molar-refractivity contribution is -0.140. The van der Waals surface area contributed by atoms with Crippen molar-refractivity contribution in [3.63, 3.8) is 0 Å². The number of carbonyl (C=O) groups excluding carboxylic acids is 1. The number of hydrogen-bond acceptors (Lipinski definition) is 3. The number of carbonyl (C=O) groups is 2. The highest BCUT2D eigenvalue weighted by Gasteiger charge is 2.27. The van der Waals surface area contributed by atoms with E-state index in [9.17, 15) is 14.7 Å². The molecule has 0 unspecified atom stereocenters. The minimum atomic E-state index is -1.04. The summed E-state index contributed by atoms with van der Waals surface area (Å²) in [6.45, 7) is 3.67. The van der Waals surface area contributed by atoms with Crippen LogP contribution in [0.4, 0.5) is 0 Å². The fourth-order valence-corrected chi connectivity index (χ4v) is 2.41. The summed E-state index contributed by atoms with van der Waals surface area (Å²) >= 11 is 3.34. The van der Waals surface area contributed by atoms with Crippen LogP contribution in [0.3, 0.4) is 0 Å². The van der Waals surface area contributed by atoms with Gasteiger partial charge >= 0.3 is 5.97 Å². The summed E-state index contributed by atoms with van der Waals surface area (Å²) in [6, 6.07) is 4.47. The first kappa shape index (κ1) is 15.5. The van der Waals surface area contributed by atoms with Gasteiger partial charge in [0.1, 0.15) is 6.04 Å². The fraction of sp³-hybridized carbons (Fsp3) is 0.357. The highest BCUT2D eigenvalue weighted by atomic mass is 79.9. The van der Waals surface area contributed by atoms with Crippen molar-refractivity contribution in [3.05, 3.63) is 28.4 Å². The zero-order chi connectivity index (χ0) is 15.6. The van der Waals surface area contributed by atoms with E-state index < -0.39 is 17.9 Å². The highest BCUT2D eigenvalue weighted by molar-refractivity contribution is 9.10. The lowest BCUT2D eigenvalue weighted by Gasteiger charge is -2.19. The Hall–Kier alpha value is -1.89. The first-order valence-corrected chi connectivity index (χ1v) is 7.40. The molecule has 0 saturated heterocycles. The Morgan fingerprint density at radius 1 is 1.48 bits per heavy atom. The van der Waals surface area contributed by atoms with Crippen molar-refractivity contribution in [1.82, 2.24) is 15.5 Å². The van der Waals surface area contributed by atoms with Gasteiger partial charge in [0, 0.05) is 9.86 Å². The number of hydrogen-bond donors (Lipinski definition) is 3. The van der Waals surface area contributed by atoms with Gasteiger partial charge in [0.05, 0.1) is 5.52 Å². The summed E-state index contributed by atoms with van der Waals surface area (Å²) in [4.78, 5) is 23.6. The average molecular weight is 354 g/mol. The number of benzene rings is 1. The predicted octanol–water partition coefficient (Wildman–Crippen LogP) is 2.55. The smallest absolute Gasteiger partial charge is 0.326 e. The van der Waals surface area contributed by atoms with Crippen LogP contribution >= 0.6 is 15.9 Å². The van der Waals surface area contributed by atoms with E-state index in [-0.39, 0.29) is 11.6 Å². The Morgan fingerprint density at radius 3 is 2.81 bits per heavy atom. The number of nitrogens with one attached hydrogen (secondary N) is 2. The van der Waals surface area contributed by atoms with E-state index in [1.54, 1.807) is 19.1 Å². The van der Waals surface area contributed by atoms with Crippen molar-refractivity contribution < 1.29 is 14.7 Å². The molecule has 1 aromatic heterocycles. The number of carboxylic acids is 1. The quantitative estimate of drug-likeness (QED) is 0.769. The van der Waals surface area contributed by atoms with Crippen molar-refractivity contribution in [2.24, 2.45) is 5.92 Å². The predicted molar refractivity (Wildman–Crippen MR) is 82.1 cm³/mol. The van der Waals surface area contributed by atoms with Crippen LogP contribution in [0.25, 0.3) is 10.9 Å². The minimum absolute atomic E-state index is 0.164. The molecule has 0 bridgehead atoms. The number of rotatable bonds is 5. The molecule has 21 heavy (non-hydrogen) atoms. The third-order valence-electron chi connectivity index (χ3n) is 3.51. The van der Waals surface area contributed by atoms with Gasteiger partial charge < -0.3 is 10.4 Å². The normalized spacial score (nSPS) is 13.9. The van der Waals surface area contributed by atoms with Crippen molar-refractivity contribution in [2.75, 3.05) is 0 Å². The van der Waals surface area contributed by atoms with Crippen LogP contribution in [-0.2, 0) is 4.79 Å². The molecule has 1 heterocycles. The second-order valence-corrected chi connectivity index (χ2v) is 5.85. The maximum absolute atomic E-state index is 12.3. The zero-order valence-electron chi connectivity index (χ0n) is 11.7. The van der Waals surface area contributed by atoms with E-state index >= 15 is 0 Å². The number of carboxylic acid groups (broad SMARTS) is 1. The van der Waals surface area contributed by atoms with Gasteiger partial charge in [-0.25, -0.2) is 4.79 Å². The third kappa shape index (κ3) is 3.24. The summed E-state index contributed by atoms with van der Waals surface area (Å²) in [6.07, 6.45) is 0.657. The third-order valence-corrected chi connectivity index (χ3v) is 4.00. The largest absolute Gasteiger partial charge is 0.480 e. The van der Waals surface area contributed by atoms with Crippen LogP contribution in [-0.4, -0.2) is 33.2 Å². The molecule has 2 atom stereocenters. The van der Waals surface area contributed by atoms with E-state index in [2.05, 4.69) is 31.4 Å². The summed E-state index contributed by atoms with van der Waals surface area (Å²) < 4.78 is 0.821. The van der Waals surface area contributed by atoms with Gasteiger partial charge in [-0.2, -0.15) is 5.10 Å². The monoisotopic (exact) mass is 353 g/mol. The SMILES string of the molecule is CC[C@H](C)[C@H](NC(=O)c1n[nH]c2ccc(Br)cc12)C(=O)O. The van der Waals surface area contributed by atoms with Crippen LogP contribution in [0.2, 0.25) is 0 Å². The molecule has 0 aliphatic heterocycles. The highest BCUT2D eigenvalue weighted by Crippen LogP contribution is 2.21. The number of amides is 1. The average Bonchev–Trinajstić information content (AvgIpc) is 2.86. The topological polar surface area (TPSA) is 95.1 Å². The lowest BCUT2D eigenvalue weighted by atomic mass is 9.99. The first-order valence-electron chi connectivity index (χ1n) is 6.61. The molecule has 0 saturated carbocycles. The van der Waals surface area contributed by atoms with E-state index in [4.69, 9.17) is 0 Å². The Labute approximate surface area is 130 Å². The van der Waals surface area contributed by atoms with Gasteiger partial charge in [0.25, 0.3) is 5.91 Å². The second kappa shape index (κ2) is 6.26. The van der Waals surface area contributed by atoms with Crippen LogP contribution in [0.15, 0.2) is 22.7 Å². The molecule has 2 aromatic rings. The number of fused-ring (bicyclic) bond motifs is 1. The molecule has 0 radical (unpaired) electrons. The van der Waals surface area contributed by atoms with Gasteiger partial charge in [0.2, 0.25) is 0 Å². The van der Waals surface area contributed by atoms with Crippen molar-refractivity contribution in [1.29, 1.82) is 0 Å². The summed E-state index contributed by atoms with van der Waals surface area (Å²) in [7, 11) is 0. The molecule has 7 heteroatoms. The van der Waals surface area contributed by atoms with E-state index in [0.29, 0.717) is 11.8 Å². The Morgan fingerprint density at radius 2 is 2.19 bits per heavy atom. The van der Waals surface area contributed by atoms with Gasteiger partial charge in [-0.15, -0.1) is 0 Å². The van der Waals surface area contributed by atoms with Gasteiger partial charge in [-0.05, 0) is 24.1 Å². The molecule has 112 valence electrons. The Balaban J connectivity index is 2.29. The van der Waals surface area contributed by atoms with Crippen molar-refractivity contribution >= 4 is 38.7 Å². The Kier molecular flexibility index (Phi) is 4.62. The maximum atomic E-state index is 12.3.